The van der Waals surface area contributed by atoms with Crippen molar-refractivity contribution < 1.29 is 9.53 Å². The summed E-state index contributed by atoms with van der Waals surface area (Å²) in [6, 6.07) is 16.0. The van der Waals surface area contributed by atoms with Crippen LogP contribution < -0.4 is 10.1 Å². The minimum absolute atomic E-state index is 0.264. The summed E-state index contributed by atoms with van der Waals surface area (Å²) >= 11 is 0. The van der Waals surface area contributed by atoms with E-state index in [9.17, 15) is 4.79 Å². The van der Waals surface area contributed by atoms with Gasteiger partial charge in [-0.3, -0.25) is 9.78 Å². The summed E-state index contributed by atoms with van der Waals surface area (Å²) in [6.45, 7) is 0. The second-order valence-corrected chi connectivity index (χ2v) is 4.46. The molecule has 0 fully saturated rings. The second-order valence-electron chi connectivity index (χ2n) is 4.46. The van der Waals surface area contributed by atoms with Gasteiger partial charge in [0.05, 0.1) is 0 Å². The van der Waals surface area contributed by atoms with Crippen LogP contribution in [-0.4, -0.2) is 15.9 Å². The van der Waals surface area contributed by atoms with Crippen LogP contribution in [0.2, 0.25) is 0 Å². The Labute approximate surface area is 127 Å². The Balaban J connectivity index is 1.83. The van der Waals surface area contributed by atoms with Gasteiger partial charge >= 0.3 is 0 Å². The molecule has 0 bridgehead atoms. The van der Waals surface area contributed by atoms with E-state index in [0.717, 1.165) is 0 Å². The van der Waals surface area contributed by atoms with E-state index in [0.29, 0.717) is 17.0 Å². The monoisotopic (exact) mass is 291 g/mol. The fraction of sp³-hybridized carbons (Fsp3) is 0. The lowest BCUT2D eigenvalue weighted by atomic mass is 10.2. The molecule has 0 aliphatic rings. The number of carbonyl (C=O) groups excluding carboxylic acids is 1. The summed E-state index contributed by atoms with van der Waals surface area (Å²) in [5.74, 6) is 0.602. The molecule has 0 spiro atoms. The molecule has 1 N–H and O–H groups in total. The maximum absolute atomic E-state index is 12.4. The van der Waals surface area contributed by atoms with Crippen LogP contribution >= 0.6 is 0 Å². The van der Waals surface area contributed by atoms with Crippen molar-refractivity contribution in [3.05, 3.63) is 78.8 Å². The van der Waals surface area contributed by atoms with Gasteiger partial charge in [0.2, 0.25) is 5.88 Å². The number of amides is 1. The quantitative estimate of drug-likeness (QED) is 0.798. The Bertz CT molecular complexity index is 761. The number of nitrogens with one attached hydrogen (secondary N) is 1. The van der Waals surface area contributed by atoms with Gasteiger partial charge in [-0.1, -0.05) is 18.2 Å². The molecule has 0 atom stereocenters. The van der Waals surface area contributed by atoms with Gasteiger partial charge in [0.15, 0.2) is 0 Å². The summed E-state index contributed by atoms with van der Waals surface area (Å²) in [4.78, 5) is 20.4. The molecule has 0 unspecified atom stereocenters. The van der Waals surface area contributed by atoms with Crippen molar-refractivity contribution >= 4 is 11.6 Å². The predicted molar refractivity (Wildman–Crippen MR) is 82.9 cm³/mol. The van der Waals surface area contributed by atoms with Crippen molar-refractivity contribution in [1.29, 1.82) is 0 Å². The Morgan fingerprint density at radius 3 is 2.45 bits per heavy atom. The smallest absolute Gasteiger partial charge is 0.261 e. The molecular weight excluding hydrogens is 278 g/mol. The molecule has 22 heavy (non-hydrogen) atoms. The normalized spacial score (nSPS) is 10.0. The molecule has 5 nitrogen and oxygen atoms in total. The van der Waals surface area contributed by atoms with Crippen LogP contribution in [0.1, 0.15) is 10.4 Å². The summed E-state index contributed by atoms with van der Waals surface area (Å²) in [5.41, 5.74) is 1.03. The van der Waals surface area contributed by atoms with Crippen molar-refractivity contribution in [1.82, 2.24) is 9.97 Å². The molecule has 3 rings (SSSR count). The van der Waals surface area contributed by atoms with Crippen LogP contribution in [0.3, 0.4) is 0 Å². The summed E-state index contributed by atoms with van der Waals surface area (Å²) < 4.78 is 5.68. The Kier molecular flexibility index (Phi) is 4.06. The van der Waals surface area contributed by atoms with Gasteiger partial charge in [-0.05, 0) is 36.4 Å². The number of para-hydroxylation sites is 1. The Morgan fingerprint density at radius 1 is 0.909 bits per heavy atom. The largest absolute Gasteiger partial charge is 0.438 e. The third kappa shape index (κ3) is 3.27. The number of anilines is 1. The van der Waals surface area contributed by atoms with Crippen molar-refractivity contribution in [2.24, 2.45) is 0 Å². The van der Waals surface area contributed by atoms with Crippen molar-refractivity contribution in [3.63, 3.8) is 0 Å². The average molecular weight is 291 g/mol. The van der Waals surface area contributed by atoms with Gasteiger partial charge in [0, 0.05) is 24.3 Å². The molecule has 0 saturated heterocycles. The first kappa shape index (κ1) is 13.8. The number of ether oxygens (including phenoxy) is 1. The first-order chi connectivity index (χ1) is 10.8. The van der Waals surface area contributed by atoms with Crippen LogP contribution in [0.25, 0.3) is 0 Å². The van der Waals surface area contributed by atoms with Gasteiger partial charge in [0.25, 0.3) is 5.91 Å². The zero-order valence-electron chi connectivity index (χ0n) is 11.6. The topological polar surface area (TPSA) is 64.1 Å². The first-order valence-electron chi connectivity index (χ1n) is 6.72. The SMILES string of the molecule is O=C(Nc1ccncc1)c1cccnc1Oc1ccccc1. The van der Waals surface area contributed by atoms with Crippen LogP contribution in [0.15, 0.2) is 73.2 Å². The zero-order chi connectivity index (χ0) is 15.2. The molecule has 108 valence electrons. The second kappa shape index (κ2) is 6.49. The molecule has 0 aliphatic carbocycles. The molecule has 2 heterocycles. The highest BCUT2D eigenvalue weighted by Gasteiger charge is 2.14. The highest BCUT2D eigenvalue weighted by atomic mass is 16.5. The van der Waals surface area contributed by atoms with E-state index in [-0.39, 0.29) is 11.8 Å². The minimum Gasteiger partial charge on any atom is -0.438 e. The average Bonchev–Trinajstić information content (AvgIpc) is 2.57. The maximum atomic E-state index is 12.4. The standard InChI is InChI=1S/C17H13N3O2/c21-16(20-13-8-11-18-12-9-13)15-7-4-10-19-17(15)22-14-5-2-1-3-6-14/h1-12H,(H,18,20,21). The highest BCUT2D eigenvalue weighted by Crippen LogP contribution is 2.23. The van der Waals surface area contributed by atoms with E-state index in [2.05, 4.69) is 15.3 Å². The van der Waals surface area contributed by atoms with Crippen molar-refractivity contribution in [3.8, 4) is 11.6 Å². The molecule has 2 aromatic heterocycles. The van der Waals surface area contributed by atoms with Gasteiger partial charge < -0.3 is 10.1 Å². The Morgan fingerprint density at radius 2 is 1.68 bits per heavy atom. The molecule has 5 heteroatoms. The fourth-order valence-electron chi connectivity index (χ4n) is 1.88. The lowest BCUT2D eigenvalue weighted by molar-refractivity contribution is 0.102. The number of benzene rings is 1. The van der Waals surface area contributed by atoms with Crippen LogP contribution in [0.5, 0.6) is 11.6 Å². The van der Waals surface area contributed by atoms with Gasteiger partial charge in [-0.25, -0.2) is 4.98 Å². The van der Waals surface area contributed by atoms with Crippen molar-refractivity contribution in [2.45, 2.75) is 0 Å². The highest BCUT2D eigenvalue weighted by molar-refractivity contribution is 6.05. The van der Waals surface area contributed by atoms with E-state index in [4.69, 9.17) is 4.74 Å². The molecule has 0 aliphatic heterocycles. The minimum atomic E-state index is -0.287. The molecule has 1 aromatic carbocycles. The number of carbonyl (C=O) groups is 1. The third-order valence-corrected chi connectivity index (χ3v) is 2.91. The predicted octanol–water partition coefficient (Wildman–Crippen LogP) is 3.52. The number of pyridine rings is 2. The first-order valence-corrected chi connectivity index (χ1v) is 6.72. The molecule has 3 aromatic rings. The van der Waals surface area contributed by atoms with E-state index < -0.39 is 0 Å². The Hall–Kier alpha value is -3.21. The molecule has 1 amide bonds. The molecular formula is C17H13N3O2. The lowest BCUT2D eigenvalue weighted by Gasteiger charge is -2.10. The zero-order valence-corrected chi connectivity index (χ0v) is 11.6. The van der Waals surface area contributed by atoms with Crippen LogP contribution in [0.4, 0.5) is 5.69 Å². The molecule has 0 saturated carbocycles. The van der Waals surface area contributed by atoms with E-state index in [1.54, 1.807) is 55.0 Å². The van der Waals surface area contributed by atoms with E-state index in [1.807, 2.05) is 18.2 Å². The van der Waals surface area contributed by atoms with Gasteiger partial charge in [-0.15, -0.1) is 0 Å². The summed E-state index contributed by atoms with van der Waals surface area (Å²) in [6.07, 6.45) is 4.81. The van der Waals surface area contributed by atoms with Crippen LogP contribution in [-0.2, 0) is 0 Å². The number of nitrogens with zero attached hydrogens (tertiary/aromatic N) is 2. The van der Waals surface area contributed by atoms with Gasteiger partial charge in [0.1, 0.15) is 11.3 Å². The van der Waals surface area contributed by atoms with Crippen LogP contribution in [0, 0.1) is 0 Å². The molecule has 0 radical (unpaired) electrons. The van der Waals surface area contributed by atoms with E-state index >= 15 is 0 Å². The van der Waals surface area contributed by atoms with E-state index in [1.165, 1.54) is 0 Å². The number of hydrogen-bond acceptors (Lipinski definition) is 4. The number of hydrogen-bond donors (Lipinski definition) is 1. The summed E-state index contributed by atoms with van der Waals surface area (Å²) in [5, 5.41) is 2.79. The third-order valence-electron chi connectivity index (χ3n) is 2.91. The van der Waals surface area contributed by atoms with Crippen molar-refractivity contribution in [2.75, 3.05) is 5.32 Å². The number of aromatic nitrogens is 2. The lowest BCUT2D eigenvalue weighted by Crippen LogP contribution is -2.13. The maximum Gasteiger partial charge on any atom is 0.261 e. The van der Waals surface area contributed by atoms with Gasteiger partial charge in [-0.2, -0.15) is 0 Å². The summed E-state index contributed by atoms with van der Waals surface area (Å²) in [7, 11) is 0. The number of rotatable bonds is 4. The fourth-order valence-corrected chi connectivity index (χ4v) is 1.88.